The zero-order chi connectivity index (χ0) is 19.0. The van der Waals surface area contributed by atoms with E-state index in [-0.39, 0.29) is 11.7 Å². The molecule has 0 saturated carbocycles. The van der Waals surface area contributed by atoms with Gasteiger partial charge in [0.15, 0.2) is 5.78 Å². The van der Waals surface area contributed by atoms with Crippen LogP contribution in [0.3, 0.4) is 0 Å². The molecule has 0 spiro atoms. The molecule has 0 aromatic heterocycles. The van der Waals surface area contributed by atoms with Crippen molar-refractivity contribution in [1.29, 1.82) is 0 Å². The summed E-state index contributed by atoms with van der Waals surface area (Å²) in [6.45, 7) is 6.32. The van der Waals surface area contributed by atoms with E-state index in [4.69, 9.17) is 16.3 Å². The normalized spacial score (nSPS) is 25.9. The van der Waals surface area contributed by atoms with Gasteiger partial charge in [-0.2, -0.15) is 0 Å². The van der Waals surface area contributed by atoms with Crippen molar-refractivity contribution in [3.8, 4) is 0 Å². The van der Waals surface area contributed by atoms with E-state index in [1.165, 1.54) is 0 Å². The maximum atomic E-state index is 13.4. The highest BCUT2D eigenvalue weighted by molar-refractivity contribution is 6.31. The monoisotopic (exact) mass is 386 g/mol. The number of ketones is 1. The molecular formula is C21H23ClN2O3. The van der Waals surface area contributed by atoms with Crippen molar-refractivity contribution in [1.82, 2.24) is 10.2 Å². The minimum Gasteiger partial charge on any atom is -0.378 e. The summed E-state index contributed by atoms with van der Waals surface area (Å²) in [5, 5.41) is 3.85. The number of halogens is 1. The second-order valence-electron chi connectivity index (χ2n) is 7.23. The molecule has 3 aliphatic rings. The number of hydrogen-bond acceptors (Lipinski definition) is 4. The van der Waals surface area contributed by atoms with Crippen molar-refractivity contribution in [3.63, 3.8) is 0 Å². The average Bonchev–Trinajstić information content (AvgIpc) is 2.68. The van der Waals surface area contributed by atoms with Crippen LogP contribution in [0.2, 0.25) is 5.02 Å². The number of carbonyl (C=O) groups is 2. The first-order valence-electron chi connectivity index (χ1n) is 9.41. The molecule has 1 saturated heterocycles. The number of carbonyl (C=O) groups excluding carboxylic acids is 2. The van der Waals surface area contributed by atoms with Gasteiger partial charge in [0.25, 0.3) is 0 Å². The van der Waals surface area contributed by atoms with Crippen molar-refractivity contribution in [2.45, 2.75) is 25.2 Å². The number of benzene rings is 1. The molecule has 2 atom stereocenters. The lowest BCUT2D eigenvalue weighted by atomic mass is 9.71. The molecule has 142 valence electrons. The maximum absolute atomic E-state index is 13.4. The van der Waals surface area contributed by atoms with Gasteiger partial charge in [-0.15, -0.1) is 0 Å². The van der Waals surface area contributed by atoms with Crippen LogP contribution in [0.5, 0.6) is 0 Å². The van der Waals surface area contributed by atoms with Gasteiger partial charge in [-0.3, -0.25) is 9.59 Å². The molecule has 1 aliphatic carbocycles. The largest absolute Gasteiger partial charge is 0.378 e. The smallest absolute Gasteiger partial charge is 0.232 e. The van der Waals surface area contributed by atoms with Crippen molar-refractivity contribution < 1.29 is 14.3 Å². The minimum atomic E-state index is -0.552. The maximum Gasteiger partial charge on any atom is 0.232 e. The lowest BCUT2D eigenvalue weighted by molar-refractivity contribution is -0.139. The Kier molecular flexibility index (Phi) is 5.06. The number of nitrogens with zero attached hydrogens (tertiary/aromatic N) is 1. The van der Waals surface area contributed by atoms with E-state index >= 15 is 0 Å². The van der Waals surface area contributed by atoms with Gasteiger partial charge in [0, 0.05) is 47.4 Å². The third-order valence-electron chi connectivity index (χ3n) is 5.62. The molecule has 2 aliphatic heterocycles. The first-order valence-corrected chi connectivity index (χ1v) is 9.78. The van der Waals surface area contributed by atoms with Crippen LogP contribution >= 0.6 is 11.6 Å². The van der Waals surface area contributed by atoms with Gasteiger partial charge >= 0.3 is 0 Å². The van der Waals surface area contributed by atoms with Gasteiger partial charge in [0.05, 0.1) is 19.1 Å². The molecule has 1 fully saturated rings. The molecule has 1 aromatic carbocycles. The zero-order valence-corrected chi connectivity index (χ0v) is 15.9. The molecule has 4 rings (SSSR count). The lowest BCUT2D eigenvalue weighted by Gasteiger charge is -2.41. The molecule has 27 heavy (non-hydrogen) atoms. The fourth-order valence-electron chi connectivity index (χ4n) is 4.33. The number of ether oxygens (including phenoxy) is 1. The van der Waals surface area contributed by atoms with Gasteiger partial charge in [0.1, 0.15) is 0 Å². The highest BCUT2D eigenvalue weighted by atomic mass is 35.5. The van der Waals surface area contributed by atoms with Crippen LogP contribution in [0.15, 0.2) is 47.8 Å². The Labute approximate surface area is 164 Å². The summed E-state index contributed by atoms with van der Waals surface area (Å²) in [5.41, 5.74) is 3.06. The molecule has 1 N–H and O–H groups in total. The molecule has 6 heteroatoms. The molecule has 0 bridgehead atoms. The van der Waals surface area contributed by atoms with Crippen molar-refractivity contribution in [3.05, 3.63) is 58.4 Å². The Morgan fingerprint density at radius 3 is 2.70 bits per heavy atom. The van der Waals surface area contributed by atoms with Crippen molar-refractivity contribution in [2.24, 2.45) is 5.92 Å². The van der Waals surface area contributed by atoms with Crippen LogP contribution in [-0.4, -0.2) is 42.9 Å². The van der Waals surface area contributed by atoms with Crippen LogP contribution < -0.4 is 5.32 Å². The third kappa shape index (κ3) is 3.30. The van der Waals surface area contributed by atoms with E-state index in [1.807, 2.05) is 29.2 Å². The standard InChI is InChI=1S/C21H23ClN2O3/c1-13-18(21(26)24-9-11-27-12-10-24)19(14-5-2-3-6-15(14)22)20-16(23-13)7-4-8-17(20)25/h2-3,5-6,18-19,23H,1,4,7-12H2. The molecule has 1 aromatic rings. The highest BCUT2D eigenvalue weighted by Gasteiger charge is 2.45. The third-order valence-corrected chi connectivity index (χ3v) is 5.96. The van der Waals surface area contributed by atoms with Gasteiger partial charge in [-0.25, -0.2) is 0 Å². The SMILES string of the molecule is C=C1NC2=C(C(=O)CCC2)C(c2ccccc2Cl)C1C(=O)N1CCOCC1. The molecule has 2 unspecified atom stereocenters. The Bertz CT molecular complexity index is 826. The summed E-state index contributed by atoms with van der Waals surface area (Å²) in [4.78, 5) is 28.1. The van der Waals surface area contributed by atoms with Crippen LogP contribution in [0.4, 0.5) is 0 Å². The highest BCUT2D eigenvalue weighted by Crippen LogP contribution is 2.46. The predicted molar refractivity (Wildman–Crippen MR) is 103 cm³/mol. The summed E-state index contributed by atoms with van der Waals surface area (Å²) in [6.07, 6.45) is 2.11. The molecule has 5 nitrogen and oxygen atoms in total. The summed E-state index contributed by atoms with van der Waals surface area (Å²) in [6, 6.07) is 7.48. The molecular weight excluding hydrogens is 364 g/mol. The zero-order valence-electron chi connectivity index (χ0n) is 15.2. The molecule has 0 radical (unpaired) electrons. The average molecular weight is 387 g/mol. The molecule has 1 amide bonds. The topological polar surface area (TPSA) is 58.6 Å². The van der Waals surface area contributed by atoms with Gasteiger partial charge in [-0.05, 0) is 24.5 Å². The van der Waals surface area contributed by atoms with Crippen molar-refractivity contribution >= 4 is 23.3 Å². The minimum absolute atomic E-state index is 0.0226. The van der Waals surface area contributed by atoms with Crippen molar-refractivity contribution in [2.75, 3.05) is 26.3 Å². The number of morpholine rings is 1. The summed E-state index contributed by atoms with van der Waals surface area (Å²) < 4.78 is 5.38. The first-order chi connectivity index (χ1) is 13.1. The quantitative estimate of drug-likeness (QED) is 0.848. The summed E-state index contributed by atoms with van der Waals surface area (Å²) in [7, 11) is 0. The van der Waals surface area contributed by atoms with Crippen LogP contribution in [0.1, 0.15) is 30.7 Å². The Morgan fingerprint density at radius 2 is 1.96 bits per heavy atom. The number of hydrogen-bond donors (Lipinski definition) is 1. The number of allylic oxidation sites excluding steroid dienone is 2. The first kappa shape index (κ1) is 18.3. The van der Waals surface area contributed by atoms with E-state index < -0.39 is 11.8 Å². The predicted octanol–water partition coefficient (Wildman–Crippen LogP) is 3.02. The number of Topliss-reactive ketones (excluding diaryl/α,β-unsaturated/α-hetero) is 1. The molecule has 2 heterocycles. The van der Waals surface area contributed by atoms with Gasteiger partial charge in [0.2, 0.25) is 5.91 Å². The van der Waals surface area contributed by atoms with Crippen LogP contribution in [0.25, 0.3) is 0 Å². The number of rotatable bonds is 2. The second kappa shape index (κ2) is 7.49. The van der Waals surface area contributed by atoms with Gasteiger partial charge in [-0.1, -0.05) is 36.4 Å². The number of nitrogens with one attached hydrogen (secondary N) is 1. The van der Waals surface area contributed by atoms with Gasteiger partial charge < -0.3 is 15.0 Å². The number of amides is 1. The van der Waals surface area contributed by atoms with E-state index in [0.717, 1.165) is 24.1 Å². The van der Waals surface area contributed by atoms with E-state index in [1.54, 1.807) is 0 Å². The Balaban J connectivity index is 1.82. The fourth-order valence-corrected chi connectivity index (χ4v) is 4.58. The van der Waals surface area contributed by atoms with Crippen LogP contribution in [-0.2, 0) is 14.3 Å². The Hall–Kier alpha value is -2.11. The lowest BCUT2D eigenvalue weighted by Crippen LogP contribution is -2.49. The fraction of sp³-hybridized carbons (Fsp3) is 0.429. The summed E-state index contributed by atoms with van der Waals surface area (Å²) in [5.74, 6) is -0.874. The summed E-state index contributed by atoms with van der Waals surface area (Å²) >= 11 is 6.51. The van der Waals surface area contributed by atoms with E-state index in [9.17, 15) is 9.59 Å². The van der Waals surface area contributed by atoms with E-state index in [2.05, 4.69) is 11.9 Å². The van der Waals surface area contributed by atoms with Crippen LogP contribution in [0, 0.1) is 5.92 Å². The van der Waals surface area contributed by atoms with E-state index in [0.29, 0.717) is 49.0 Å². The Morgan fingerprint density at radius 1 is 1.22 bits per heavy atom. The second-order valence-corrected chi connectivity index (χ2v) is 7.64.